The molecule has 1 aromatic carbocycles. The summed E-state index contributed by atoms with van der Waals surface area (Å²) >= 11 is 0. The molecule has 0 amide bonds. The van der Waals surface area contributed by atoms with Gasteiger partial charge in [0.25, 0.3) is 0 Å². The number of hydrogen-bond donors (Lipinski definition) is 1. The molecule has 2 heterocycles. The van der Waals surface area contributed by atoms with Crippen molar-refractivity contribution in [3.63, 3.8) is 0 Å². The fourth-order valence-corrected chi connectivity index (χ4v) is 5.74. The highest BCUT2D eigenvalue weighted by Crippen LogP contribution is 2.21. The molecule has 0 radical (unpaired) electrons. The van der Waals surface area contributed by atoms with E-state index in [0.29, 0.717) is 25.6 Å². The lowest BCUT2D eigenvalue weighted by Gasteiger charge is -2.34. The van der Waals surface area contributed by atoms with Crippen LogP contribution in [0.3, 0.4) is 0 Å². The third-order valence-electron chi connectivity index (χ3n) is 5.59. The molecule has 2 aliphatic rings. The zero-order valence-corrected chi connectivity index (χ0v) is 21.3. The third kappa shape index (κ3) is 7.06. The van der Waals surface area contributed by atoms with Gasteiger partial charge >= 0.3 is 0 Å². The molecule has 2 fully saturated rings. The normalized spacial score (nSPS) is 25.8. The van der Waals surface area contributed by atoms with Crippen molar-refractivity contribution in [3.05, 3.63) is 35.9 Å². The van der Waals surface area contributed by atoms with Crippen molar-refractivity contribution in [1.82, 2.24) is 14.5 Å². The smallest absolute Gasteiger partial charge is 0.216 e. The fraction of sp³-hybridized carbons (Fsp3) is 0.667. The van der Waals surface area contributed by atoms with Crippen LogP contribution in [-0.4, -0.2) is 81.3 Å². The van der Waals surface area contributed by atoms with Crippen LogP contribution in [0.1, 0.15) is 25.8 Å². The van der Waals surface area contributed by atoms with Gasteiger partial charge < -0.3 is 15.0 Å². The number of ether oxygens (including phenoxy) is 1. The minimum atomic E-state index is -3.31. The maximum absolute atomic E-state index is 12.7. The summed E-state index contributed by atoms with van der Waals surface area (Å²) in [4.78, 5) is 6.61. The van der Waals surface area contributed by atoms with Crippen molar-refractivity contribution < 1.29 is 13.2 Å². The van der Waals surface area contributed by atoms with Gasteiger partial charge in [0.2, 0.25) is 10.0 Å². The number of benzene rings is 1. The van der Waals surface area contributed by atoms with E-state index in [2.05, 4.69) is 39.5 Å². The summed E-state index contributed by atoms with van der Waals surface area (Å²) in [6, 6.07) is 10.6. The zero-order valence-electron chi connectivity index (χ0n) is 18.2. The maximum atomic E-state index is 12.7. The first-order valence-electron chi connectivity index (χ1n) is 10.5. The van der Waals surface area contributed by atoms with Crippen molar-refractivity contribution in [3.8, 4) is 0 Å². The molecular weight excluding hydrogens is 515 g/mol. The number of sulfonamides is 1. The van der Waals surface area contributed by atoms with Gasteiger partial charge in [-0.1, -0.05) is 30.3 Å². The van der Waals surface area contributed by atoms with Crippen LogP contribution in [0.2, 0.25) is 0 Å². The highest BCUT2D eigenvalue weighted by molar-refractivity contribution is 14.0. The van der Waals surface area contributed by atoms with Crippen molar-refractivity contribution in [2.45, 2.75) is 38.9 Å². The van der Waals surface area contributed by atoms with Crippen LogP contribution in [0, 0.1) is 5.92 Å². The number of nitrogens with one attached hydrogen (secondary N) is 1. The zero-order chi connectivity index (χ0) is 20.9. The summed E-state index contributed by atoms with van der Waals surface area (Å²) in [5.74, 6) is 1.45. The Morgan fingerprint density at radius 2 is 1.83 bits per heavy atom. The lowest BCUT2D eigenvalue weighted by Crippen LogP contribution is -2.50. The van der Waals surface area contributed by atoms with Gasteiger partial charge in [0, 0.05) is 39.8 Å². The molecule has 170 valence electrons. The Kier molecular flexibility index (Phi) is 9.83. The summed E-state index contributed by atoms with van der Waals surface area (Å²) in [5.41, 5.74) is 1.36. The van der Waals surface area contributed by atoms with Crippen LogP contribution in [0.15, 0.2) is 35.3 Å². The molecule has 0 bridgehead atoms. The number of morpholine rings is 1. The quantitative estimate of drug-likeness (QED) is 0.334. The predicted molar refractivity (Wildman–Crippen MR) is 132 cm³/mol. The van der Waals surface area contributed by atoms with Gasteiger partial charge in [0.1, 0.15) is 0 Å². The summed E-state index contributed by atoms with van der Waals surface area (Å²) in [5, 5.41) is 3.25. The molecule has 2 saturated heterocycles. The monoisotopic (exact) mass is 550 g/mol. The van der Waals surface area contributed by atoms with Gasteiger partial charge in [-0.15, -0.1) is 24.0 Å². The van der Waals surface area contributed by atoms with E-state index in [-0.39, 0.29) is 41.9 Å². The summed E-state index contributed by atoms with van der Waals surface area (Å²) in [6.45, 7) is 6.93. The Morgan fingerprint density at radius 3 is 2.47 bits per heavy atom. The average molecular weight is 551 g/mol. The molecule has 0 aromatic heterocycles. The number of aliphatic imine (C=N–C) groups is 1. The van der Waals surface area contributed by atoms with E-state index in [4.69, 9.17) is 4.74 Å². The highest BCUT2D eigenvalue weighted by Gasteiger charge is 2.31. The number of rotatable bonds is 6. The molecule has 0 aliphatic carbocycles. The average Bonchev–Trinajstić information content (AvgIpc) is 3.13. The minimum Gasteiger partial charge on any atom is -0.373 e. The lowest BCUT2D eigenvalue weighted by molar-refractivity contribution is -0.0440. The van der Waals surface area contributed by atoms with E-state index in [1.807, 2.05) is 19.9 Å². The second-order valence-electron chi connectivity index (χ2n) is 8.15. The van der Waals surface area contributed by atoms with Crippen LogP contribution >= 0.6 is 24.0 Å². The minimum absolute atomic E-state index is 0. The fourth-order valence-electron chi connectivity index (χ4n) is 4.25. The number of likely N-dealkylation sites (tertiary alicyclic amines) is 1. The summed E-state index contributed by atoms with van der Waals surface area (Å²) in [7, 11) is -1.55. The van der Waals surface area contributed by atoms with E-state index < -0.39 is 10.0 Å². The molecule has 1 N–H and O–H groups in total. The summed E-state index contributed by atoms with van der Waals surface area (Å²) in [6.07, 6.45) is 2.05. The van der Waals surface area contributed by atoms with E-state index in [1.54, 1.807) is 11.4 Å². The SMILES string of the molecule is CN=C(NCCS(=O)(=O)N1CC(C)OC(C)C1)N1CCC(Cc2ccccc2)C1.I. The summed E-state index contributed by atoms with van der Waals surface area (Å²) < 4.78 is 32.6. The molecule has 9 heteroatoms. The Balaban J connectivity index is 0.00000320. The Bertz CT molecular complexity index is 781. The van der Waals surface area contributed by atoms with Crippen molar-refractivity contribution >= 4 is 40.0 Å². The molecule has 3 unspecified atom stereocenters. The molecule has 0 spiro atoms. The lowest BCUT2D eigenvalue weighted by atomic mass is 9.99. The second-order valence-corrected chi connectivity index (χ2v) is 10.2. The molecule has 0 saturated carbocycles. The van der Waals surface area contributed by atoms with E-state index in [1.165, 1.54) is 5.56 Å². The van der Waals surface area contributed by atoms with Crippen molar-refractivity contribution in [2.75, 3.05) is 45.5 Å². The topological polar surface area (TPSA) is 74.2 Å². The Morgan fingerprint density at radius 1 is 1.17 bits per heavy atom. The first-order chi connectivity index (χ1) is 13.9. The van der Waals surface area contributed by atoms with Gasteiger partial charge in [-0.3, -0.25) is 4.99 Å². The molecule has 1 aromatic rings. The first kappa shape index (κ1) is 25.4. The van der Waals surface area contributed by atoms with Crippen LogP contribution in [0.4, 0.5) is 0 Å². The number of nitrogens with zero attached hydrogens (tertiary/aromatic N) is 3. The highest BCUT2D eigenvalue weighted by atomic mass is 127. The first-order valence-corrected chi connectivity index (χ1v) is 12.1. The van der Waals surface area contributed by atoms with Gasteiger partial charge in [0.15, 0.2) is 5.96 Å². The number of halogens is 1. The van der Waals surface area contributed by atoms with Crippen LogP contribution in [-0.2, 0) is 21.2 Å². The van der Waals surface area contributed by atoms with Gasteiger partial charge in [-0.25, -0.2) is 8.42 Å². The standard InChI is InChI=1S/C21H34N4O3S.HI/c1-17-14-25(15-18(2)28-17)29(26,27)12-10-23-21(22-3)24-11-9-20(16-24)13-19-7-5-4-6-8-19;/h4-8,17-18,20H,9-16H2,1-3H3,(H,22,23);1H. The van der Waals surface area contributed by atoms with Gasteiger partial charge in [-0.2, -0.15) is 4.31 Å². The molecule has 3 atom stereocenters. The molecule has 2 aliphatic heterocycles. The maximum Gasteiger partial charge on any atom is 0.216 e. The molecule has 7 nitrogen and oxygen atoms in total. The van der Waals surface area contributed by atoms with E-state index in [9.17, 15) is 8.42 Å². The Hall–Kier alpha value is -0.910. The number of hydrogen-bond acceptors (Lipinski definition) is 4. The third-order valence-corrected chi connectivity index (χ3v) is 7.39. The van der Waals surface area contributed by atoms with Crippen molar-refractivity contribution in [2.24, 2.45) is 10.9 Å². The molecular formula is C21H35IN4O3S. The number of guanidine groups is 1. The molecule has 3 rings (SSSR count). The molecule has 30 heavy (non-hydrogen) atoms. The largest absolute Gasteiger partial charge is 0.373 e. The predicted octanol–water partition coefficient (Wildman–Crippen LogP) is 2.18. The Labute approximate surface area is 198 Å². The van der Waals surface area contributed by atoms with Crippen molar-refractivity contribution in [1.29, 1.82) is 0 Å². The van der Waals surface area contributed by atoms with Gasteiger partial charge in [0.05, 0.1) is 18.0 Å². The van der Waals surface area contributed by atoms with Crippen LogP contribution in [0.5, 0.6) is 0 Å². The van der Waals surface area contributed by atoms with E-state index >= 15 is 0 Å². The van der Waals surface area contributed by atoms with Gasteiger partial charge in [-0.05, 0) is 38.2 Å². The van der Waals surface area contributed by atoms with E-state index in [0.717, 1.165) is 31.9 Å². The van der Waals surface area contributed by atoms with Crippen LogP contribution < -0.4 is 5.32 Å². The second kappa shape index (κ2) is 11.6. The van der Waals surface area contributed by atoms with Crippen LogP contribution in [0.25, 0.3) is 0 Å².